The Bertz CT molecular complexity index is 548. The standard InChI is InChI=1S/C16H22FN3O2/c1-12(18)10-15(21)19-6-3-7-20(9-8-19)16(22)13-4-2-5-14(17)11-13/h2,4-5,11-12H,3,6-10,18H2,1H3. The van der Waals surface area contributed by atoms with Crippen molar-refractivity contribution in [3.05, 3.63) is 35.6 Å². The topological polar surface area (TPSA) is 66.6 Å². The van der Waals surface area contributed by atoms with E-state index in [-0.39, 0.29) is 17.9 Å². The summed E-state index contributed by atoms with van der Waals surface area (Å²) in [6.45, 7) is 3.94. The molecule has 0 aliphatic carbocycles. The molecule has 1 fully saturated rings. The molecule has 1 heterocycles. The monoisotopic (exact) mass is 307 g/mol. The van der Waals surface area contributed by atoms with Crippen molar-refractivity contribution in [1.82, 2.24) is 9.80 Å². The van der Waals surface area contributed by atoms with Crippen LogP contribution in [0.25, 0.3) is 0 Å². The lowest BCUT2D eigenvalue weighted by atomic mass is 10.2. The van der Waals surface area contributed by atoms with Gasteiger partial charge in [-0.25, -0.2) is 4.39 Å². The van der Waals surface area contributed by atoms with Crippen LogP contribution in [0.2, 0.25) is 0 Å². The summed E-state index contributed by atoms with van der Waals surface area (Å²) in [5.41, 5.74) is 6.00. The third-order valence-corrected chi connectivity index (χ3v) is 3.70. The Labute approximate surface area is 129 Å². The number of nitrogens with zero attached hydrogens (tertiary/aromatic N) is 2. The van der Waals surface area contributed by atoms with E-state index in [9.17, 15) is 14.0 Å². The fraction of sp³-hybridized carbons (Fsp3) is 0.500. The highest BCUT2D eigenvalue weighted by Gasteiger charge is 2.23. The predicted molar refractivity (Wildman–Crippen MR) is 81.8 cm³/mol. The number of benzene rings is 1. The van der Waals surface area contributed by atoms with Gasteiger partial charge in [0.05, 0.1) is 0 Å². The molecule has 1 aromatic rings. The minimum absolute atomic E-state index is 0.0232. The van der Waals surface area contributed by atoms with Crippen LogP contribution in [0.3, 0.4) is 0 Å². The molecule has 0 bridgehead atoms. The molecule has 2 N–H and O–H groups in total. The Kier molecular flexibility index (Phi) is 5.49. The maximum Gasteiger partial charge on any atom is 0.254 e. The molecular formula is C16H22FN3O2. The van der Waals surface area contributed by atoms with E-state index in [0.717, 1.165) is 0 Å². The lowest BCUT2D eigenvalue weighted by molar-refractivity contribution is -0.131. The average molecular weight is 307 g/mol. The Hall–Kier alpha value is -1.95. The number of rotatable bonds is 3. The lowest BCUT2D eigenvalue weighted by Crippen LogP contribution is -2.39. The van der Waals surface area contributed by atoms with Crippen molar-refractivity contribution >= 4 is 11.8 Å². The van der Waals surface area contributed by atoms with Crippen LogP contribution in [0.4, 0.5) is 4.39 Å². The van der Waals surface area contributed by atoms with Crippen LogP contribution < -0.4 is 5.73 Å². The van der Waals surface area contributed by atoms with Crippen molar-refractivity contribution in [3.8, 4) is 0 Å². The summed E-state index contributed by atoms with van der Waals surface area (Å²) in [7, 11) is 0. The van der Waals surface area contributed by atoms with E-state index in [1.807, 2.05) is 0 Å². The summed E-state index contributed by atoms with van der Waals surface area (Å²) in [4.78, 5) is 27.9. The van der Waals surface area contributed by atoms with Gasteiger partial charge in [0.15, 0.2) is 0 Å². The van der Waals surface area contributed by atoms with Crippen molar-refractivity contribution in [1.29, 1.82) is 0 Å². The second-order valence-electron chi connectivity index (χ2n) is 5.72. The molecule has 5 nitrogen and oxygen atoms in total. The van der Waals surface area contributed by atoms with Crippen LogP contribution in [-0.4, -0.2) is 53.8 Å². The number of hydrogen-bond acceptors (Lipinski definition) is 3. The molecule has 6 heteroatoms. The van der Waals surface area contributed by atoms with Gasteiger partial charge < -0.3 is 15.5 Å². The fourth-order valence-electron chi connectivity index (χ4n) is 2.58. The molecule has 1 saturated heterocycles. The Morgan fingerprint density at radius 3 is 2.59 bits per heavy atom. The van der Waals surface area contributed by atoms with Crippen LogP contribution >= 0.6 is 0 Å². The molecule has 120 valence electrons. The Morgan fingerprint density at radius 1 is 1.23 bits per heavy atom. The van der Waals surface area contributed by atoms with E-state index in [4.69, 9.17) is 5.73 Å². The highest BCUT2D eigenvalue weighted by Crippen LogP contribution is 2.11. The molecule has 2 rings (SSSR count). The number of carbonyl (C=O) groups is 2. The van der Waals surface area contributed by atoms with Crippen LogP contribution in [0.1, 0.15) is 30.1 Å². The first-order chi connectivity index (χ1) is 10.5. The summed E-state index contributed by atoms with van der Waals surface area (Å²) < 4.78 is 13.2. The van der Waals surface area contributed by atoms with Gasteiger partial charge in [-0.2, -0.15) is 0 Å². The predicted octanol–water partition coefficient (Wildman–Crippen LogP) is 1.24. The van der Waals surface area contributed by atoms with Crippen LogP contribution in [0.5, 0.6) is 0 Å². The first-order valence-electron chi connectivity index (χ1n) is 7.55. The largest absolute Gasteiger partial charge is 0.341 e. The molecule has 0 aromatic heterocycles. The maximum atomic E-state index is 13.2. The number of nitrogens with two attached hydrogens (primary N) is 1. The van der Waals surface area contributed by atoms with E-state index in [1.165, 1.54) is 18.2 Å². The molecule has 1 aromatic carbocycles. The molecule has 0 saturated carbocycles. The van der Waals surface area contributed by atoms with Crippen LogP contribution in [0.15, 0.2) is 24.3 Å². The van der Waals surface area contributed by atoms with Gasteiger partial charge in [-0.05, 0) is 31.5 Å². The third kappa shape index (κ3) is 4.27. The number of carbonyl (C=O) groups excluding carboxylic acids is 2. The smallest absolute Gasteiger partial charge is 0.254 e. The highest BCUT2D eigenvalue weighted by molar-refractivity contribution is 5.94. The van der Waals surface area contributed by atoms with Crippen molar-refractivity contribution in [3.63, 3.8) is 0 Å². The van der Waals surface area contributed by atoms with E-state index in [1.54, 1.807) is 22.8 Å². The Balaban J connectivity index is 1.98. The van der Waals surface area contributed by atoms with E-state index in [0.29, 0.717) is 44.6 Å². The maximum absolute atomic E-state index is 13.2. The molecular weight excluding hydrogens is 285 g/mol. The van der Waals surface area contributed by atoms with Crippen molar-refractivity contribution in [2.75, 3.05) is 26.2 Å². The molecule has 1 atom stereocenters. The highest BCUT2D eigenvalue weighted by atomic mass is 19.1. The molecule has 1 aliphatic heterocycles. The quantitative estimate of drug-likeness (QED) is 0.913. The van der Waals surface area contributed by atoms with Gasteiger partial charge in [-0.1, -0.05) is 6.07 Å². The van der Waals surface area contributed by atoms with Gasteiger partial charge in [0.25, 0.3) is 5.91 Å². The summed E-state index contributed by atoms with van der Waals surface area (Å²) in [6.07, 6.45) is 1.03. The van der Waals surface area contributed by atoms with Gasteiger partial charge in [0.1, 0.15) is 5.82 Å². The zero-order valence-corrected chi connectivity index (χ0v) is 12.8. The van der Waals surface area contributed by atoms with Gasteiger partial charge in [0.2, 0.25) is 5.91 Å². The minimum Gasteiger partial charge on any atom is -0.341 e. The first-order valence-corrected chi connectivity index (χ1v) is 7.55. The first kappa shape index (κ1) is 16.4. The summed E-state index contributed by atoms with van der Waals surface area (Å²) >= 11 is 0. The van der Waals surface area contributed by atoms with Crippen molar-refractivity contribution in [2.24, 2.45) is 5.73 Å². The van der Waals surface area contributed by atoms with Crippen molar-refractivity contribution in [2.45, 2.75) is 25.8 Å². The van der Waals surface area contributed by atoms with Crippen molar-refractivity contribution < 1.29 is 14.0 Å². The molecule has 1 aliphatic rings. The number of amides is 2. The van der Waals surface area contributed by atoms with E-state index in [2.05, 4.69) is 0 Å². The third-order valence-electron chi connectivity index (χ3n) is 3.70. The van der Waals surface area contributed by atoms with Crippen LogP contribution in [0, 0.1) is 5.82 Å². The second-order valence-corrected chi connectivity index (χ2v) is 5.72. The lowest BCUT2D eigenvalue weighted by Gasteiger charge is -2.23. The van der Waals surface area contributed by atoms with Gasteiger partial charge in [-0.15, -0.1) is 0 Å². The molecule has 0 radical (unpaired) electrons. The fourth-order valence-corrected chi connectivity index (χ4v) is 2.58. The average Bonchev–Trinajstić information content (AvgIpc) is 2.71. The zero-order valence-electron chi connectivity index (χ0n) is 12.8. The van der Waals surface area contributed by atoms with Crippen LogP contribution in [-0.2, 0) is 4.79 Å². The number of hydrogen-bond donors (Lipinski definition) is 1. The number of halogens is 1. The minimum atomic E-state index is -0.422. The molecule has 0 spiro atoms. The normalized spacial score (nSPS) is 17.0. The van der Waals surface area contributed by atoms with Gasteiger partial charge in [-0.3, -0.25) is 9.59 Å². The van der Waals surface area contributed by atoms with E-state index >= 15 is 0 Å². The summed E-state index contributed by atoms with van der Waals surface area (Å²) in [6, 6.07) is 5.52. The van der Waals surface area contributed by atoms with Gasteiger partial charge >= 0.3 is 0 Å². The van der Waals surface area contributed by atoms with Gasteiger partial charge in [0, 0.05) is 44.2 Å². The Morgan fingerprint density at radius 2 is 1.91 bits per heavy atom. The molecule has 2 amide bonds. The second kappa shape index (κ2) is 7.35. The summed E-state index contributed by atoms with van der Waals surface area (Å²) in [5.74, 6) is -0.592. The summed E-state index contributed by atoms with van der Waals surface area (Å²) in [5, 5.41) is 0. The van der Waals surface area contributed by atoms with E-state index < -0.39 is 5.82 Å². The molecule has 22 heavy (non-hydrogen) atoms. The SMILES string of the molecule is CC(N)CC(=O)N1CCCN(C(=O)c2cccc(F)c2)CC1. The zero-order chi connectivity index (χ0) is 16.1. The molecule has 1 unspecified atom stereocenters.